The number of aryl methyl sites for hydroxylation is 2. The molecular formula is C22H33N5O2. The van der Waals surface area contributed by atoms with Gasteiger partial charge in [-0.3, -0.25) is 4.99 Å². The van der Waals surface area contributed by atoms with E-state index in [9.17, 15) is 0 Å². The molecule has 0 amide bonds. The molecule has 1 saturated heterocycles. The number of aromatic nitrogens is 2. The molecule has 1 aromatic carbocycles. The van der Waals surface area contributed by atoms with Gasteiger partial charge in [-0.15, -0.1) is 0 Å². The molecule has 1 N–H and O–H groups in total. The van der Waals surface area contributed by atoms with Gasteiger partial charge in [-0.25, -0.2) is 0 Å². The summed E-state index contributed by atoms with van der Waals surface area (Å²) in [6.07, 6.45) is 0.692. The van der Waals surface area contributed by atoms with Crippen LogP contribution < -0.4 is 5.32 Å². The van der Waals surface area contributed by atoms with Crippen molar-refractivity contribution in [1.82, 2.24) is 20.4 Å². The van der Waals surface area contributed by atoms with E-state index in [1.807, 2.05) is 0 Å². The van der Waals surface area contributed by atoms with Crippen LogP contribution in [0.5, 0.6) is 0 Å². The van der Waals surface area contributed by atoms with Gasteiger partial charge in [0, 0.05) is 25.4 Å². The van der Waals surface area contributed by atoms with Crippen LogP contribution in [0.4, 0.5) is 0 Å². The highest BCUT2D eigenvalue weighted by molar-refractivity contribution is 5.80. The molecule has 0 bridgehead atoms. The van der Waals surface area contributed by atoms with Crippen molar-refractivity contribution in [2.45, 2.75) is 53.1 Å². The quantitative estimate of drug-likeness (QED) is 0.593. The second-order valence-electron chi connectivity index (χ2n) is 7.85. The van der Waals surface area contributed by atoms with Crippen LogP contribution >= 0.6 is 0 Å². The van der Waals surface area contributed by atoms with Crippen LogP contribution in [-0.4, -0.2) is 53.8 Å². The molecule has 1 atom stereocenters. The van der Waals surface area contributed by atoms with Crippen LogP contribution in [0.3, 0.4) is 0 Å². The summed E-state index contributed by atoms with van der Waals surface area (Å²) in [5.41, 5.74) is 3.80. The van der Waals surface area contributed by atoms with Crippen molar-refractivity contribution in [2.24, 2.45) is 4.99 Å². The van der Waals surface area contributed by atoms with Gasteiger partial charge in [0.15, 0.2) is 11.8 Å². The summed E-state index contributed by atoms with van der Waals surface area (Å²) in [5, 5.41) is 7.43. The number of nitrogens with one attached hydrogen (secondary N) is 1. The maximum atomic E-state index is 6.08. The number of morpholine rings is 1. The normalized spacial score (nSPS) is 17.8. The van der Waals surface area contributed by atoms with Crippen LogP contribution in [-0.2, 0) is 11.2 Å². The maximum absolute atomic E-state index is 6.08. The highest BCUT2D eigenvalue weighted by Gasteiger charge is 2.25. The zero-order valence-electron chi connectivity index (χ0n) is 18.2. The van der Waals surface area contributed by atoms with E-state index in [-0.39, 0.29) is 12.0 Å². The van der Waals surface area contributed by atoms with Crippen molar-refractivity contribution in [3.05, 3.63) is 46.6 Å². The molecule has 2 aromatic rings. The zero-order chi connectivity index (χ0) is 20.8. The predicted molar refractivity (Wildman–Crippen MR) is 114 cm³/mol. The first-order valence-electron chi connectivity index (χ1n) is 10.5. The summed E-state index contributed by atoms with van der Waals surface area (Å²) in [7, 11) is 0. The van der Waals surface area contributed by atoms with E-state index >= 15 is 0 Å². The summed E-state index contributed by atoms with van der Waals surface area (Å²) in [4.78, 5) is 11.5. The Balaban J connectivity index is 1.66. The van der Waals surface area contributed by atoms with E-state index in [1.54, 1.807) is 0 Å². The molecule has 2 heterocycles. The fourth-order valence-corrected chi connectivity index (χ4v) is 3.50. The first-order chi connectivity index (χ1) is 14.0. The lowest BCUT2D eigenvalue weighted by Gasteiger charge is -2.36. The Bertz CT molecular complexity index is 830. The van der Waals surface area contributed by atoms with Crippen molar-refractivity contribution < 1.29 is 9.26 Å². The fraction of sp³-hybridized carbons (Fsp3) is 0.591. The lowest BCUT2D eigenvalue weighted by atomic mass is 10.00. The highest BCUT2D eigenvalue weighted by Crippen LogP contribution is 2.26. The molecule has 1 aliphatic rings. The zero-order valence-corrected chi connectivity index (χ0v) is 18.2. The molecule has 1 fully saturated rings. The van der Waals surface area contributed by atoms with Gasteiger partial charge in [-0.2, -0.15) is 4.98 Å². The third-order valence-electron chi connectivity index (χ3n) is 5.06. The topological polar surface area (TPSA) is 75.8 Å². The largest absolute Gasteiger partial charge is 0.370 e. The van der Waals surface area contributed by atoms with Crippen molar-refractivity contribution in [2.75, 3.05) is 32.8 Å². The monoisotopic (exact) mass is 399 g/mol. The van der Waals surface area contributed by atoms with Gasteiger partial charge in [-0.1, -0.05) is 42.8 Å². The minimum atomic E-state index is 0.0535. The number of benzene rings is 1. The van der Waals surface area contributed by atoms with Crippen LogP contribution in [0.15, 0.2) is 27.7 Å². The maximum Gasteiger partial charge on any atom is 0.228 e. The first kappa shape index (κ1) is 21.3. The van der Waals surface area contributed by atoms with E-state index in [4.69, 9.17) is 14.3 Å². The second kappa shape index (κ2) is 9.87. The van der Waals surface area contributed by atoms with Gasteiger partial charge >= 0.3 is 0 Å². The number of ether oxygens (including phenoxy) is 1. The molecule has 3 rings (SSSR count). The number of hydrogen-bond donors (Lipinski definition) is 1. The first-order valence-corrected chi connectivity index (χ1v) is 10.5. The Morgan fingerprint density at radius 3 is 2.86 bits per heavy atom. The van der Waals surface area contributed by atoms with Crippen molar-refractivity contribution in [1.29, 1.82) is 0 Å². The van der Waals surface area contributed by atoms with E-state index < -0.39 is 0 Å². The number of nitrogens with zero attached hydrogens (tertiary/aromatic N) is 4. The molecule has 1 unspecified atom stereocenters. The van der Waals surface area contributed by atoms with Crippen molar-refractivity contribution in [3.8, 4) is 0 Å². The minimum Gasteiger partial charge on any atom is -0.370 e. The van der Waals surface area contributed by atoms with Gasteiger partial charge in [0.2, 0.25) is 5.89 Å². The number of rotatable bonds is 6. The van der Waals surface area contributed by atoms with Gasteiger partial charge in [0.05, 0.1) is 19.7 Å². The molecule has 0 saturated carbocycles. The Kier molecular flexibility index (Phi) is 7.25. The average molecular weight is 400 g/mol. The predicted octanol–water partition coefficient (Wildman–Crippen LogP) is 3.39. The van der Waals surface area contributed by atoms with Crippen molar-refractivity contribution >= 4 is 5.96 Å². The standard InChI is InChI=1S/C22H33N5O2/c1-6-23-22(24-10-9-20-25-21(15(2)3)26-29-20)27-11-12-28-19(14-27)18-8-7-16(4)13-17(18)5/h7-8,13,15,19H,6,9-12,14H2,1-5H3,(H,23,24). The number of aliphatic imine (C=N–C) groups is 1. The Morgan fingerprint density at radius 2 is 2.17 bits per heavy atom. The molecule has 1 aromatic heterocycles. The van der Waals surface area contributed by atoms with E-state index in [1.165, 1.54) is 16.7 Å². The molecule has 29 heavy (non-hydrogen) atoms. The number of hydrogen-bond acceptors (Lipinski definition) is 5. The molecule has 1 aliphatic heterocycles. The van der Waals surface area contributed by atoms with Crippen LogP contribution in [0.1, 0.15) is 61.2 Å². The third kappa shape index (κ3) is 5.56. The van der Waals surface area contributed by atoms with E-state index in [0.717, 1.165) is 31.4 Å². The molecular weight excluding hydrogens is 366 g/mol. The van der Waals surface area contributed by atoms with Gasteiger partial charge in [0.1, 0.15) is 6.10 Å². The molecule has 7 nitrogen and oxygen atoms in total. The lowest BCUT2D eigenvalue weighted by molar-refractivity contribution is -0.00833. The summed E-state index contributed by atoms with van der Waals surface area (Å²) >= 11 is 0. The molecule has 0 radical (unpaired) electrons. The van der Waals surface area contributed by atoms with Gasteiger partial charge in [-0.05, 0) is 31.9 Å². The highest BCUT2D eigenvalue weighted by atomic mass is 16.5. The van der Waals surface area contributed by atoms with Crippen molar-refractivity contribution in [3.63, 3.8) is 0 Å². The SMILES string of the molecule is CCNC(=NCCc1nc(C(C)C)no1)N1CCOC(c2ccc(C)cc2C)C1. The van der Waals surface area contributed by atoms with Crippen LogP contribution in [0.2, 0.25) is 0 Å². The van der Waals surface area contributed by atoms with Crippen LogP contribution in [0, 0.1) is 13.8 Å². The Hall–Kier alpha value is -2.41. The summed E-state index contributed by atoms with van der Waals surface area (Å²) in [6, 6.07) is 6.55. The van der Waals surface area contributed by atoms with Crippen LogP contribution in [0.25, 0.3) is 0 Å². The molecule has 0 spiro atoms. The van der Waals surface area contributed by atoms with Gasteiger partial charge < -0.3 is 19.5 Å². The minimum absolute atomic E-state index is 0.0535. The summed E-state index contributed by atoms with van der Waals surface area (Å²) < 4.78 is 11.4. The Morgan fingerprint density at radius 1 is 1.34 bits per heavy atom. The van der Waals surface area contributed by atoms with E-state index in [2.05, 4.69) is 73.2 Å². The average Bonchev–Trinajstić information content (AvgIpc) is 3.17. The summed E-state index contributed by atoms with van der Waals surface area (Å²) in [6.45, 7) is 14.2. The second-order valence-corrected chi connectivity index (χ2v) is 7.85. The molecule has 0 aliphatic carbocycles. The molecule has 7 heteroatoms. The Labute approximate surface area is 173 Å². The lowest BCUT2D eigenvalue weighted by Crippen LogP contribution is -2.48. The third-order valence-corrected chi connectivity index (χ3v) is 5.06. The smallest absolute Gasteiger partial charge is 0.228 e. The number of guanidine groups is 1. The molecule has 158 valence electrons. The summed E-state index contributed by atoms with van der Waals surface area (Å²) in [5.74, 6) is 2.57. The van der Waals surface area contributed by atoms with Gasteiger partial charge in [0.25, 0.3) is 0 Å². The fourth-order valence-electron chi connectivity index (χ4n) is 3.50. The van der Waals surface area contributed by atoms with E-state index in [0.29, 0.717) is 25.5 Å².